The molecule has 6 nitrogen and oxygen atoms in total. The van der Waals surface area contributed by atoms with Crippen LogP contribution in [0.15, 0.2) is 0 Å². The molecule has 1 aliphatic carbocycles. The Bertz CT molecular complexity index is 372. The van der Waals surface area contributed by atoms with Gasteiger partial charge in [0.1, 0.15) is 0 Å². The third-order valence-electron chi connectivity index (χ3n) is 3.72. The summed E-state index contributed by atoms with van der Waals surface area (Å²) in [5.41, 5.74) is -0.268. The second-order valence-corrected chi connectivity index (χ2v) is 5.07. The molecular formula is C13H21N3O3. The number of carboxylic acids is 1. The van der Waals surface area contributed by atoms with Crippen molar-refractivity contribution in [3.8, 4) is 6.07 Å². The van der Waals surface area contributed by atoms with Gasteiger partial charge in [-0.15, -0.1) is 0 Å². The van der Waals surface area contributed by atoms with Crippen LogP contribution in [0.3, 0.4) is 0 Å². The number of hydrogen-bond acceptors (Lipinski definition) is 3. The lowest BCUT2D eigenvalue weighted by molar-refractivity contribution is -0.141. The highest BCUT2D eigenvalue weighted by molar-refractivity contribution is 5.74. The second kappa shape index (κ2) is 6.98. The molecule has 0 atom stereocenters. The molecule has 2 N–H and O–H groups in total. The summed E-state index contributed by atoms with van der Waals surface area (Å²) in [5, 5.41) is 20.2. The highest BCUT2D eigenvalue weighted by atomic mass is 16.4. The number of urea groups is 1. The number of amides is 2. The largest absolute Gasteiger partial charge is 0.481 e. The topological polar surface area (TPSA) is 93.4 Å². The van der Waals surface area contributed by atoms with Gasteiger partial charge in [-0.3, -0.25) is 4.79 Å². The molecule has 0 aromatic heterocycles. The van der Waals surface area contributed by atoms with Gasteiger partial charge < -0.3 is 15.3 Å². The van der Waals surface area contributed by atoms with Crippen LogP contribution in [0, 0.1) is 16.7 Å². The highest BCUT2D eigenvalue weighted by Crippen LogP contribution is 2.43. The Morgan fingerprint density at radius 1 is 1.47 bits per heavy atom. The fraction of sp³-hybridized carbons (Fsp3) is 0.769. The standard InChI is InChI=1S/C13H21N3O3/c1-2-16(8-4-7-14)12(19)15-10-13(5-3-6-13)9-11(17)18/h2-6,8-10H2,1H3,(H,15,19)(H,17,18). The van der Waals surface area contributed by atoms with E-state index in [1.807, 2.05) is 13.0 Å². The van der Waals surface area contributed by atoms with Gasteiger partial charge in [0.2, 0.25) is 0 Å². The number of rotatable bonds is 7. The van der Waals surface area contributed by atoms with E-state index >= 15 is 0 Å². The number of carbonyl (C=O) groups is 2. The third-order valence-corrected chi connectivity index (χ3v) is 3.72. The van der Waals surface area contributed by atoms with Crippen molar-refractivity contribution in [2.45, 2.75) is 39.0 Å². The predicted molar refractivity (Wildman–Crippen MR) is 69.4 cm³/mol. The molecule has 1 rings (SSSR count). The Balaban J connectivity index is 2.43. The first-order valence-electron chi connectivity index (χ1n) is 6.64. The summed E-state index contributed by atoms with van der Waals surface area (Å²) in [6, 6.07) is 1.80. The molecule has 1 fully saturated rings. The van der Waals surface area contributed by atoms with E-state index < -0.39 is 5.97 Å². The molecule has 0 aromatic rings. The first kappa shape index (κ1) is 15.3. The first-order valence-corrected chi connectivity index (χ1v) is 6.64. The van der Waals surface area contributed by atoms with E-state index in [1.54, 1.807) is 4.90 Å². The van der Waals surface area contributed by atoms with E-state index in [0.717, 1.165) is 19.3 Å². The average Bonchev–Trinajstić information content (AvgIpc) is 2.33. The summed E-state index contributed by atoms with van der Waals surface area (Å²) in [7, 11) is 0. The molecule has 0 saturated heterocycles. The van der Waals surface area contributed by atoms with Gasteiger partial charge in [0, 0.05) is 19.6 Å². The van der Waals surface area contributed by atoms with Crippen LogP contribution in [0.2, 0.25) is 0 Å². The lowest BCUT2D eigenvalue weighted by atomic mass is 9.66. The molecule has 1 saturated carbocycles. The molecule has 1 aliphatic rings. The number of hydrogen-bond donors (Lipinski definition) is 2. The third kappa shape index (κ3) is 4.43. The summed E-state index contributed by atoms with van der Waals surface area (Å²) in [5.74, 6) is -0.814. The fourth-order valence-corrected chi connectivity index (χ4v) is 2.38. The monoisotopic (exact) mass is 267 g/mol. The second-order valence-electron chi connectivity index (χ2n) is 5.07. The molecule has 19 heavy (non-hydrogen) atoms. The molecule has 0 spiro atoms. The van der Waals surface area contributed by atoms with Gasteiger partial charge in [0.15, 0.2) is 0 Å². The zero-order valence-corrected chi connectivity index (χ0v) is 11.3. The predicted octanol–water partition coefficient (Wildman–Crippen LogP) is 1.58. The molecule has 2 amide bonds. The van der Waals surface area contributed by atoms with Gasteiger partial charge in [-0.25, -0.2) is 4.79 Å². The average molecular weight is 267 g/mol. The normalized spacial score (nSPS) is 16.0. The lowest BCUT2D eigenvalue weighted by Gasteiger charge is -2.41. The molecule has 0 unspecified atom stereocenters. The van der Waals surface area contributed by atoms with Crippen molar-refractivity contribution in [3.05, 3.63) is 0 Å². The quantitative estimate of drug-likeness (QED) is 0.732. The Hall–Kier alpha value is -1.77. The number of nitrogens with one attached hydrogen (secondary N) is 1. The minimum absolute atomic E-state index is 0.109. The molecule has 0 bridgehead atoms. The maximum Gasteiger partial charge on any atom is 0.317 e. The van der Waals surface area contributed by atoms with Crippen LogP contribution in [0.1, 0.15) is 39.0 Å². The number of carbonyl (C=O) groups excluding carboxylic acids is 1. The molecule has 0 heterocycles. The van der Waals surface area contributed by atoms with Crippen molar-refractivity contribution in [2.75, 3.05) is 19.6 Å². The molecule has 0 aromatic carbocycles. The Kier molecular flexibility index (Phi) is 5.61. The Morgan fingerprint density at radius 3 is 2.58 bits per heavy atom. The van der Waals surface area contributed by atoms with Crippen LogP contribution in [-0.2, 0) is 4.79 Å². The van der Waals surface area contributed by atoms with Crippen molar-refractivity contribution >= 4 is 12.0 Å². The van der Waals surface area contributed by atoms with E-state index in [-0.39, 0.29) is 17.9 Å². The van der Waals surface area contributed by atoms with Crippen molar-refractivity contribution < 1.29 is 14.7 Å². The van der Waals surface area contributed by atoms with Crippen LogP contribution in [0.5, 0.6) is 0 Å². The smallest absolute Gasteiger partial charge is 0.317 e. The van der Waals surface area contributed by atoms with E-state index in [0.29, 0.717) is 26.1 Å². The summed E-state index contributed by atoms with van der Waals surface area (Å²) in [6.07, 6.45) is 3.14. The van der Waals surface area contributed by atoms with Gasteiger partial charge >= 0.3 is 12.0 Å². The van der Waals surface area contributed by atoms with Crippen molar-refractivity contribution in [1.29, 1.82) is 5.26 Å². The first-order chi connectivity index (χ1) is 9.03. The van der Waals surface area contributed by atoms with Crippen LogP contribution < -0.4 is 5.32 Å². The van der Waals surface area contributed by atoms with Gasteiger partial charge in [0.05, 0.1) is 18.9 Å². The highest BCUT2D eigenvalue weighted by Gasteiger charge is 2.39. The summed E-state index contributed by atoms with van der Waals surface area (Å²) in [4.78, 5) is 24.3. The van der Waals surface area contributed by atoms with Crippen LogP contribution >= 0.6 is 0 Å². The molecule has 0 aliphatic heterocycles. The van der Waals surface area contributed by atoms with Gasteiger partial charge in [-0.1, -0.05) is 6.42 Å². The number of nitrogens with zero attached hydrogens (tertiary/aromatic N) is 2. The van der Waals surface area contributed by atoms with Crippen molar-refractivity contribution in [1.82, 2.24) is 10.2 Å². The van der Waals surface area contributed by atoms with E-state index in [9.17, 15) is 9.59 Å². The number of nitriles is 1. The van der Waals surface area contributed by atoms with Crippen molar-refractivity contribution in [3.63, 3.8) is 0 Å². The fourth-order valence-electron chi connectivity index (χ4n) is 2.38. The number of aliphatic carboxylic acids is 1. The molecule has 6 heteroatoms. The Morgan fingerprint density at radius 2 is 2.16 bits per heavy atom. The summed E-state index contributed by atoms with van der Waals surface area (Å²) >= 11 is 0. The minimum atomic E-state index is -0.814. The van der Waals surface area contributed by atoms with E-state index in [2.05, 4.69) is 5.32 Å². The summed E-state index contributed by atoms with van der Waals surface area (Å²) < 4.78 is 0. The number of carboxylic acid groups (broad SMARTS) is 1. The van der Waals surface area contributed by atoms with Crippen molar-refractivity contribution in [2.24, 2.45) is 5.41 Å². The lowest BCUT2D eigenvalue weighted by Crippen LogP contribution is -2.48. The maximum absolute atomic E-state index is 11.9. The van der Waals surface area contributed by atoms with Crippen LogP contribution in [0.4, 0.5) is 4.79 Å². The van der Waals surface area contributed by atoms with E-state index in [4.69, 9.17) is 10.4 Å². The van der Waals surface area contributed by atoms with Gasteiger partial charge in [-0.2, -0.15) is 5.26 Å². The SMILES string of the molecule is CCN(CCC#N)C(=O)NCC1(CC(=O)O)CCC1. The van der Waals surface area contributed by atoms with Crippen LogP contribution in [0.25, 0.3) is 0 Å². The van der Waals surface area contributed by atoms with Gasteiger partial charge in [-0.05, 0) is 25.2 Å². The maximum atomic E-state index is 11.9. The Labute approximate surface area is 113 Å². The van der Waals surface area contributed by atoms with Gasteiger partial charge in [0.25, 0.3) is 0 Å². The molecule has 106 valence electrons. The van der Waals surface area contributed by atoms with Crippen LogP contribution in [-0.4, -0.2) is 41.6 Å². The van der Waals surface area contributed by atoms with E-state index in [1.165, 1.54) is 0 Å². The zero-order valence-electron chi connectivity index (χ0n) is 11.3. The molecule has 0 radical (unpaired) electrons. The molecular weight excluding hydrogens is 246 g/mol. The zero-order chi connectivity index (χ0) is 14.3. The summed E-state index contributed by atoms with van der Waals surface area (Å²) in [6.45, 7) is 3.21. The minimum Gasteiger partial charge on any atom is -0.481 e.